The highest BCUT2D eigenvalue weighted by Crippen LogP contribution is 2.20. The van der Waals surface area contributed by atoms with Gasteiger partial charge in [-0.2, -0.15) is 0 Å². The van der Waals surface area contributed by atoms with Gasteiger partial charge in [-0.05, 0) is 30.7 Å². The van der Waals surface area contributed by atoms with Gasteiger partial charge in [0.05, 0.1) is 12.7 Å². The van der Waals surface area contributed by atoms with Crippen LogP contribution in [0.3, 0.4) is 0 Å². The first-order chi connectivity index (χ1) is 13.1. The third-order valence-electron chi connectivity index (χ3n) is 4.27. The second-order valence-electron chi connectivity index (χ2n) is 6.68. The van der Waals surface area contributed by atoms with Crippen molar-refractivity contribution in [2.75, 3.05) is 13.6 Å². The lowest BCUT2D eigenvalue weighted by Gasteiger charge is -2.15. The predicted octanol–water partition coefficient (Wildman–Crippen LogP) is 4.26. The molecule has 5 nitrogen and oxygen atoms in total. The minimum atomic E-state index is 0.491. The molecule has 2 aromatic heterocycles. The molecule has 1 atom stereocenters. The molecule has 3 aromatic rings. The number of hydrogen-bond acceptors (Lipinski definition) is 4. The van der Waals surface area contributed by atoms with E-state index in [9.17, 15) is 0 Å². The number of nitrogens with one attached hydrogen (secondary N) is 2. The molecule has 0 spiro atoms. The number of rotatable bonds is 7. The molecule has 0 saturated carbocycles. The lowest BCUT2D eigenvalue weighted by Crippen LogP contribution is -2.39. The summed E-state index contributed by atoms with van der Waals surface area (Å²) in [6.45, 7) is 5.66. The van der Waals surface area contributed by atoms with Gasteiger partial charge in [0, 0.05) is 24.0 Å². The summed E-state index contributed by atoms with van der Waals surface area (Å²) >= 11 is 1.81. The van der Waals surface area contributed by atoms with E-state index in [0.717, 1.165) is 30.2 Å². The summed E-state index contributed by atoms with van der Waals surface area (Å²) in [7, 11) is 1.77. The molecule has 142 valence electrons. The summed E-state index contributed by atoms with van der Waals surface area (Å²) < 4.78 is 5.85. The minimum absolute atomic E-state index is 0.491. The highest BCUT2D eigenvalue weighted by Gasteiger charge is 2.09. The predicted molar refractivity (Wildman–Crippen MR) is 112 cm³/mol. The van der Waals surface area contributed by atoms with Crippen LogP contribution in [0.15, 0.2) is 57.4 Å². The number of nitrogens with zero attached hydrogens (tertiary/aromatic N) is 2. The zero-order chi connectivity index (χ0) is 19.1. The van der Waals surface area contributed by atoms with Crippen molar-refractivity contribution in [3.05, 3.63) is 64.3 Å². The number of benzene rings is 1. The first-order valence-corrected chi connectivity index (χ1v) is 10.0. The van der Waals surface area contributed by atoms with E-state index in [1.807, 2.05) is 12.1 Å². The molecule has 0 aliphatic rings. The number of aryl methyl sites for hydroxylation is 1. The van der Waals surface area contributed by atoms with Crippen molar-refractivity contribution in [2.24, 2.45) is 10.9 Å². The van der Waals surface area contributed by atoms with Crippen molar-refractivity contribution in [3.8, 4) is 11.3 Å². The van der Waals surface area contributed by atoms with Gasteiger partial charge in [0.2, 0.25) is 5.89 Å². The summed E-state index contributed by atoms with van der Waals surface area (Å²) in [6, 6.07) is 12.5. The van der Waals surface area contributed by atoms with Crippen LogP contribution in [0.25, 0.3) is 11.3 Å². The zero-order valence-corrected chi connectivity index (χ0v) is 16.8. The number of thiophene rings is 1. The second-order valence-corrected chi connectivity index (χ2v) is 7.71. The maximum absolute atomic E-state index is 5.85. The number of aliphatic imine (C=N–C) groups is 1. The molecule has 2 heterocycles. The molecule has 27 heavy (non-hydrogen) atoms. The van der Waals surface area contributed by atoms with Gasteiger partial charge in [-0.1, -0.05) is 42.8 Å². The van der Waals surface area contributed by atoms with E-state index in [-0.39, 0.29) is 0 Å². The first kappa shape index (κ1) is 19.2. The molecule has 3 rings (SSSR count). The van der Waals surface area contributed by atoms with Crippen LogP contribution in [0.5, 0.6) is 0 Å². The van der Waals surface area contributed by atoms with Gasteiger partial charge in [0.15, 0.2) is 11.7 Å². The van der Waals surface area contributed by atoms with Crippen LogP contribution >= 0.6 is 11.3 Å². The van der Waals surface area contributed by atoms with Crippen molar-refractivity contribution in [1.29, 1.82) is 0 Å². The molecule has 0 bridgehead atoms. The smallest absolute Gasteiger partial charge is 0.214 e. The molecule has 0 aliphatic heterocycles. The molecule has 2 N–H and O–H groups in total. The van der Waals surface area contributed by atoms with Crippen LogP contribution in [0.4, 0.5) is 0 Å². The molecule has 0 radical (unpaired) electrons. The fraction of sp³-hybridized carbons (Fsp3) is 0.333. The van der Waals surface area contributed by atoms with Crippen molar-refractivity contribution in [3.63, 3.8) is 0 Å². The Kier molecular flexibility index (Phi) is 6.65. The Hall–Kier alpha value is -2.60. The molecule has 0 fully saturated rings. The van der Waals surface area contributed by atoms with Crippen LogP contribution in [0, 0.1) is 12.8 Å². The Morgan fingerprint density at radius 1 is 1.22 bits per heavy atom. The van der Waals surface area contributed by atoms with Crippen LogP contribution < -0.4 is 10.6 Å². The monoisotopic (exact) mass is 382 g/mol. The summed E-state index contributed by atoms with van der Waals surface area (Å²) in [5, 5.41) is 8.75. The van der Waals surface area contributed by atoms with E-state index < -0.39 is 0 Å². The number of guanidine groups is 1. The maximum Gasteiger partial charge on any atom is 0.214 e. The van der Waals surface area contributed by atoms with E-state index in [0.29, 0.717) is 18.4 Å². The van der Waals surface area contributed by atoms with Crippen LogP contribution in [-0.4, -0.2) is 24.5 Å². The molecule has 0 amide bonds. The molecule has 6 heteroatoms. The van der Waals surface area contributed by atoms with Gasteiger partial charge in [-0.15, -0.1) is 11.3 Å². The molecule has 0 aliphatic carbocycles. The van der Waals surface area contributed by atoms with Crippen LogP contribution in [-0.2, 0) is 13.0 Å². The molecule has 1 aromatic carbocycles. The summed E-state index contributed by atoms with van der Waals surface area (Å²) in [5.41, 5.74) is 2.26. The maximum atomic E-state index is 5.85. The molecule has 0 saturated heterocycles. The Labute approximate surface area is 164 Å². The number of oxazole rings is 1. The SMILES string of the molecule is CN=C(NCc1ncc(-c2ccc(C)cc2)o1)NCC(C)Cc1cccs1. The lowest BCUT2D eigenvalue weighted by molar-refractivity contribution is 0.495. The van der Waals surface area contributed by atoms with Crippen LogP contribution in [0.2, 0.25) is 0 Å². The number of hydrogen-bond donors (Lipinski definition) is 2. The van der Waals surface area contributed by atoms with E-state index >= 15 is 0 Å². The van der Waals surface area contributed by atoms with E-state index in [2.05, 4.69) is 64.1 Å². The average Bonchev–Trinajstić information content (AvgIpc) is 3.34. The summed E-state index contributed by atoms with van der Waals surface area (Å²) in [5.74, 6) is 2.69. The lowest BCUT2D eigenvalue weighted by atomic mass is 10.1. The Balaban J connectivity index is 1.47. The molecule has 1 unspecified atom stereocenters. The van der Waals surface area contributed by atoms with E-state index in [1.54, 1.807) is 24.6 Å². The second kappa shape index (κ2) is 9.37. The largest absolute Gasteiger partial charge is 0.439 e. The van der Waals surface area contributed by atoms with E-state index in [4.69, 9.17) is 4.42 Å². The highest BCUT2D eigenvalue weighted by atomic mass is 32.1. The normalized spacial score (nSPS) is 12.8. The Morgan fingerprint density at radius 2 is 2.04 bits per heavy atom. The van der Waals surface area contributed by atoms with Gasteiger partial charge >= 0.3 is 0 Å². The standard InChI is InChI=1S/C21H26N4OS/c1-15-6-8-17(9-7-15)19-13-23-20(26-19)14-25-21(22-3)24-12-16(2)11-18-5-4-10-27-18/h4-10,13,16H,11-12,14H2,1-3H3,(H2,22,24,25). The zero-order valence-electron chi connectivity index (χ0n) is 16.0. The van der Waals surface area contributed by atoms with Gasteiger partial charge in [-0.3, -0.25) is 4.99 Å². The van der Waals surface area contributed by atoms with Crippen LogP contribution in [0.1, 0.15) is 23.3 Å². The van der Waals surface area contributed by atoms with Crippen molar-refractivity contribution >= 4 is 17.3 Å². The quantitative estimate of drug-likeness (QED) is 0.473. The van der Waals surface area contributed by atoms with Crippen molar-refractivity contribution < 1.29 is 4.42 Å². The molecular formula is C21H26N4OS. The third-order valence-corrected chi connectivity index (χ3v) is 5.17. The van der Waals surface area contributed by atoms with Gasteiger partial charge < -0.3 is 15.1 Å². The minimum Gasteiger partial charge on any atom is -0.439 e. The van der Waals surface area contributed by atoms with Gasteiger partial charge in [-0.25, -0.2) is 4.98 Å². The first-order valence-electron chi connectivity index (χ1n) is 9.12. The summed E-state index contributed by atoms with van der Waals surface area (Å²) in [4.78, 5) is 10.0. The van der Waals surface area contributed by atoms with E-state index in [1.165, 1.54) is 10.4 Å². The Morgan fingerprint density at radius 3 is 2.74 bits per heavy atom. The topological polar surface area (TPSA) is 62.5 Å². The summed E-state index contributed by atoms with van der Waals surface area (Å²) in [6.07, 6.45) is 2.84. The van der Waals surface area contributed by atoms with Crippen molar-refractivity contribution in [1.82, 2.24) is 15.6 Å². The van der Waals surface area contributed by atoms with Gasteiger partial charge in [0.25, 0.3) is 0 Å². The molecular weight excluding hydrogens is 356 g/mol. The highest BCUT2D eigenvalue weighted by molar-refractivity contribution is 7.09. The van der Waals surface area contributed by atoms with Crippen molar-refractivity contribution in [2.45, 2.75) is 26.8 Å². The average molecular weight is 383 g/mol. The fourth-order valence-electron chi connectivity index (χ4n) is 2.74. The third kappa shape index (κ3) is 5.69. The Bertz CT molecular complexity index is 853. The fourth-order valence-corrected chi connectivity index (χ4v) is 3.61. The van der Waals surface area contributed by atoms with Gasteiger partial charge in [0.1, 0.15) is 0 Å². The number of aromatic nitrogens is 1.